The Hall–Kier alpha value is -1.84. The van der Waals surface area contributed by atoms with Crippen LogP contribution in [0, 0.1) is 0 Å². The van der Waals surface area contributed by atoms with Gasteiger partial charge in [-0.05, 0) is 18.1 Å². The number of hydrogen-bond acceptors (Lipinski definition) is 2. The molecular weight excluding hydrogens is 178 g/mol. The molecule has 2 N–H and O–H groups in total. The van der Waals surface area contributed by atoms with Crippen molar-refractivity contribution in [2.24, 2.45) is 12.8 Å². The van der Waals surface area contributed by atoms with Crippen LogP contribution in [0.25, 0.3) is 5.57 Å². The summed E-state index contributed by atoms with van der Waals surface area (Å²) in [5, 5.41) is 0. The number of imidazole rings is 1. The third kappa shape index (κ3) is 1.46. The molecule has 4 nitrogen and oxygen atoms in total. The average Bonchev–Trinajstić information content (AvgIpc) is 2.70. The van der Waals surface area contributed by atoms with Gasteiger partial charge in [-0.3, -0.25) is 4.79 Å². The van der Waals surface area contributed by atoms with E-state index in [4.69, 9.17) is 5.73 Å². The normalized spacial score (nSPS) is 15.2. The molecule has 72 valence electrons. The van der Waals surface area contributed by atoms with Gasteiger partial charge in [-0.2, -0.15) is 0 Å². The minimum absolute atomic E-state index is 0.379. The lowest BCUT2D eigenvalue weighted by Gasteiger charge is -1.93. The van der Waals surface area contributed by atoms with Crippen LogP contribution < -0.4 is 5.73 Å². The van der Waals surface area contributed by atoms with Crippen molar-refractivity contribution >= 4 is 11.5 Å². The molecule has 1 aromatic rings. The van der Waals surface area contributed by atoms with Crippen LogP contribution in [0.1, 0.15) is 12.1 Å². The molecule has 0 saturated carbocycles. The van der Waals surface area contributed by atoms with Crippen LogP contribution in [0.2, 0.25) is 0 Å². The summed E-state index contributed by atoms with van der Waals surface area (Å²) >= 11 is 0. The first kappa shape index (κ1) is 8.74. The summed E-state index contributed by atoms with van der Waals surface area (Å²) in [6.45, 7) is 0. The number of allylic oxidation sites excluding steroid dienone is 2. The number of aryl methyl sites for hydroxylation is 1. The van der Waals surface area contributed by atoms with Crippen molar-refractivity contribution in [2.75, 3.05) is 0 Å². The Morgan fingerprint density at radius 2 is 2.43 bits per heavy atom. The molecule has 1 amide bonds. The van der Waals surface area contributed by atoms with Gasteiger partial charge in [0.15, 0.2) is 0 Å². The Balaban J connectivity index is 2.25. The van der Waals surface area contributed by atoms with Crippen LogP contribution in [0.5, 0.6) is 0 Å². The smallest absolute Gasteiger partial charge is 0.248 e. The zero-order valence-electron chi connectivity index (χ0n) is 7.90. The average molecular weight is 189 g/mol. The first-order chi connectivity index (χ1) is 6.66. The Kier molecular flexibility index (Phi) is 1.96. The van der Waals surface area contributed by atoms with Gasteiger partial charge in [0, 0.05) is 18.8 Å². The molecule has 0 bridgehead atoms. The SMILES string of the molecule is Cn1cnc(C2=CC(C(N)=O)=CC2)c1. The maximum absolute atomic E-state index is 10.9. The number of aromatic nitrogens is 2. The lowest BCUT2D eigenvalue weighted by atomic mass is 10.2. The molecular formula is C10H11N3O. The molecule has 14 heavy (non-hydrogen) atoms. The molecule has 1 heterocycles. The first-order valence-corrected chi connectivity index (χ1v) is 4.35. The lowest BCUT2D eigenvalue weighted by molar-refractivity contribution is -0.114. The molecule has 1 aliphatic rings. The highest BCUT2D eigenvalue weighted by Crippen LogP contribution is 2.25. The van der Waals surface area contributed by atoms with E-state index in [9.17, 15) is 4.79 Å². The second kappa shape index (κ2) is 3.14. The number of carbonyl (C=O) groups excluding carboxylic acids is 1. The van der Waals surface area contributed by atoms with Crippen LogP contribution in [0.15, 0.2) is 30.2 Å². The van der Waals surface area contributed by atoms with Gasteiger partial charge >= 0.3 is 0 Å². The molecule has 0 aliphatic heterocycles. The Morgan fingerprint density at radius 3 is 2.93 bits per heavy atom. The van der Waals surface area contributed by atoms with Gasteiger partial charge in [-0.15, -0.1) is 0 Å². The summed E-state index contributed by atoms with van der Waals surface area (Å²) in [5.41, 5.74) is 7.68. The van der Waals surface area contributed by atoms with E-state index >= 15 is 0 Å². The number of carbonyl (C=O) groups is 1. The number of nitrogens with two attached hydrogens (primary N) is 1. The predicted molar refractivity (Wildman–Crippen MR) is 53.1 cm³/mol. The van der Waals surface area contributed by atoms with Gasteiger partial charge in [0.2, 0.25) is 5.91 Å². The zero-order valence-corrected chi connectivity index (χ0v) is 7.90. The lowest BCUT2D eigenvalue weighted by Crippen LogP contribution is -2.11. The summed E-state index contributed by atoms with van der Waals surface area (Å²) in [7, 11) is 1.91. The van der Waals surface area contributed by atoms with Gasteiger partial charge < -0.3 is 10.3 Å². The fraction of sp³-hybridized carbons (Fsp3) is 0.200. The van der Waals surface area contributed by atoms with E-state index in [-0.39, 0.29) is 5.91 Å². The van der Waals surface area contributed by atoms with E-state index in [0.29, 0.717) is 5.57 Å². The Morgan fingerprint density at radius 1 is 1.64 bits per heavy atom. The van der Waals surface area contributed by atoms with Gasteiger partial charge in [0.05, 0.1) is 12.0 Å². The summed E-state index contributed by atoms with van der Waals surface area (Å²) in [6, 6.07) is 0. The van der Waals surface area contributed by atoms with E-state index < -0.39 is 0 Å². The molecule has 0 aromatic carbocycles. The van der Waals surface area contributed by atoms with Crippen molar-refractivity contribution in [1.29, 1.82) is 0 Å². The molecule has 4 heteroatoms. The molecule has 0 radical (unpaired) electrons. The van der Waals surface area contributed by atoms with Gasteiger partial charge in [0.25, 0.3) is 0 Å². The van der Waals surface area contributed by atoms with Gasteiger partial charge in [-0.1, -0.05) is 6.08 Å². The van der Waals surface area contributed by atoms with E-state index in [2.05, 4.69) is 4.98 Å². The zero-order chi connectivity index (χ0) is 10.1. The van der Waals surface area contributed by atoms with Crippen molar-refractivity contribution in [3.05, 3.63) is 35.9 Å². The summed E-state index contributed by atoms with van der Waals surface area (Å²) < 4.78 is 1.87. The van der Waals surface area contributed by atoms with Gasteiger partial charge in [-0.25, -0.2) is 4.98 Å². The summed E-state index contributed by atoms with van der Waals surface area (Å²) in [4.78, 5) is 15.1. The van der Waals surface area contributed by atoms with Crippen molar-refractivity contribution < 1.29 is 4.79 Å². The van der Waals surface area contributed by atoms with E-state index in [1.54, 1.807) is 12.4 Å². The van der Waals surface area contributed by atoms with Gasteiger partial charge in [0.1, 0.15) is 0 Å². The number of hydrogen-bond donors (Lipinski definition) is 1. The largest absolute Gasteiger partial charge is 0.366 e. The summed E-state index contributed by atoms with van der Waals surface area (Å²) in [5.74, 6) is -0.379. The highest BCUT2D eigenvalue weighted by Gasteiger charge is 2.13. The minimum Gasteiger partial charge on any atom is -0.366 e. The number of amides is 1. The molecule has 2 rings (SSSR count). The Bertz CT molecular complexity index is 440. The molecule has 0 fully saturated rings. The highest BCUT2D eigenvalue weighted by atomic mass is 16.1. The molecule has 0 atom stereocenters. The van der Waals surface area contributed by atoms with Crippen LogP contribution >= 0.6 is 0 Å². The fourth-order valence-corrected chi connectivity index (χ4v) is 1.45. The van der Waals surface area contributed by atoms with Crippen molar-refractivity contribution in [3.8, 4) is 0 Å². The first-order valence-electron chi connectivity index (χ1n) is 4.35. The third-order valence-corrected chi connectivity index (χ3v) is 2.19. The van der Waals surface area contributed by atoms with Crippen molar-refractivity contribution in [1.82, 2.24) is 9.55 Å². The Labute approximate surface area is 81.7 Å². The molecule has 1 aromatic heterocycles. The number of rotatable bonds is 2. The molecule has 1 aliphatic carbocycles. The van der Waals surface area contributed by atoms with Crippen LogP contribution in [-0.2, 0) is 11.8 Å². The quantitative estimate of drug-likeness (QED) is 0.741. The number of primary amides is 1. The predicted octanol–water partition coefficient (Wildman–Crippen LogP) is 0.619. The maximum atomic E-state index is 10.9. The highest BCUT2D eigenvalue weighted by molar-refractivity contribution is 5.98. The standard InChI is InChI=1S/C10H11N3O/c1-13-5-9(12-6-13)7-2-3-8(4-7)10(11)14/h3-6H,2H2,1H3,(H2,11,14). The minimum atomic E-state index is -0.379. The second-order valence-electron chi connectivity index (χ2n) is 3.32. The topological polar surface area (TPSA) is 60.9 Å². The third-order valence-electron chi connectivity index (χ3n) is 2.19. The van der Waals surface area contributed by atoms with Crippen LogP contribution in [0.3, 0.4) is 0 Å². The maximum Gasteiger partial charge on any atom is 0.248 e. The number of nitrogens with zero attached hydrogens (tertiary/aromatic N) is 2. The van der Waals surface area contributed by atoms with E-state index in [1.807, 2.05) is 23.9 Å². The van der Waals surface area contributed by atoms with Crippen LogP contribution in [0.4, 0.5) is 0 Å². The fourth-order valence-electron chi connectivity index (χ4n) is 1.45. The summed E-state index contributed by atoms with van der Waals surface area (Å²) in [6.07, 6.45) is 8.01. The molecule has 0 unspecified atom stereocenters. The van der Waals surface area contributed by atoms with Crippen molar-refractivity contribution in [3.63, 3.8) is 0 Å². The van der Waals surface area contributed by atoms with E-state index in [1.165, 1.54) is 0 Å². The van der Waals surface area contributed by atoms with Crippen molar-refractivity contribution in [2.45, 2.75) is 6.42 Å². The molecule has 0 saturated heterocycles. The second-order valence-corrected chi connectivity index (χ2v) is 3.32. The van der Waals surface area contributed by atoms with E-state index in [0.717, 1.165) is 17.7 Å². The molecule has 0 spiro atoms. The monoisotopic (exact) mass is 189 g/mol. The van der Waals surface area contributed by atoms with Crippen LogP contribution in [-0.4, -0.2) is 15.5 Å².